The van der Waals surface area contributed by atoms with Gasteiger partial charge in [0.05, 0.1) is 0 Å². The molecule has 0 aromatic heterocycles. The van der Waals surface area contributed by atoms with Crippen molar-refractivity contribution < 1.29 is 14.0 Å². The van der Waals surface area contributed by atoms with E-state index in [2.05, 4.69) is 20.0 Å². The first-order chi connectivity index (χ1) is 7.07. The number of hydrogen-bond donors (Lipinski definition) is 0. The van der Waals surface area contributed by atoms with E-state index < -0.39 is 13.8 Å². The Morgan fingerprint density at radius 2 is 1.88 bits per heavy atom. The summed E-state index contributed by atoms with van der Waals surface area (Å²) < 4.78 is 10.7. The van der Waals surface area contributed by atoms with Crippen LogP contribution in [0.25, 0.3) is 0 Å². The quantitative estimate of drug-likeness (QED) is 0.549. The number of hydrogen-bond acceptors (Lipinski definition) is 3. The van der Waals surface area contributed by atoms with Gasteiger partial charge in [-0.25, -0.2) is 0 Å². The summed E-state index contributed by atoms with van der Waals surface area (Å²) in [6, 6.07) is 0. The predicted molar refractivity (Wildman–Crippen MR) is 70.1 cm³/mol. The lowest BCUT2D eigenvalue weighted by Gasteiger charge is -2.24. The van der Waals surface area contributed by atoms with E-state index in [0.717, 1.165) is 6.32 Å². The first-order valence-corrected chi connectivity index (χ1v) is 8.68. The van der Waals surface area contributed by atoms with Gasteiger partial charge in [0.2, 0.25) is 0 Å². The molecule has 0 aliphatic carbocycles. The third-order valence-electron chi connectivity index (χ3n) is 2.30. The van der Waals surface area contributed by atoms with Gasteiger partial charge in [-0.2, -0.15) is 0 Å². The SMILES string of the molecule is CO[Si](C)(C)[B]CC(C)C(=O)OC(C)(C)C. The van der Waals surface area contributed by atoms with Crippen LogP contribution in [0.3, 0.4) is 0 Å². The van der Waals surface area contributed by atoms with Crippen molar-refractivity contribution in [3.63, 3.8) is 0 Å². The van der Waals surface area contributed by atoms with Crippen LogP contribution in [-0.4, -0.2) is 33.7 Å². The molecule has 1 radical (unpaired) electrons. The average Bonchev–Trinajstić information content (AvgIpc) is 2.11. The molecule has 0 aliphatic heterocycles. The van der Waals surface area contributed by atoms with Crippen molar-refractivity contribution in [2.75, 3.05) is 7.11 Å². The van der Waals surface area contributed by atoms with Crippen LogP contribution < -0.4 is 0 Å². The van der Waals surface area contributed by atoms with E-state index in [1.807, 2.05) is 27.7 Å². The molecule has 16 heavy (non-hydrogen) atoms. The number of esters is 1. The van der Waals surface area contributed by atoms with Crippen LogP contribution in [0.4, 0.5) is 0 Å². The van der Waals surface area contributed by atoms with Crippen LogP contribution in [0, 0.1) is 5.92 Å². The lowest BCUT2D eigenvalue weighted by Crippen LogP contribution is -2.39. The topological polar surface area (TPSA) is 35.5 Å². The van der Waals surface area contributed by atoms with Crippen LogP contribution in [0.5, 0.6) is 0 Å². The molecule has 0 bridgehead atoms. The Morgan fingerprint density at radius 3 is 2.25 bits per heavy atom. The molecule has 3 nitrogen and oxygen atoms in total. The first-order valence-electron chi connectivity index (χ1n) is 5.70. The molecule has 0 aromatic carbocycles. The van der Waals surface area contributed by atoms with E-state index in [9.17, 15) is 4.79 Å². The summed E-state index contributed by atoms with van der Waals surface area (Å²) >= 11 is 0. The third-order valence-corrected chi connectivity index (χ3v) is 4.57. The van der Waals surface area contributed by atoms with Crippen LogP contribution >= 0.6 is 0 Å². The summed E-state index contributed by atoms with van der Waals surface area (Å²) in [7, 11) is 0.0457. The number of carbonyl (C=O) groups is 1. The van der Waals surface area contributed by atoms with Crippen molar-refractivity contribution in [3.05, 3.63) is 0 Å². The Balaban J connectivity index is 4.08. The fourth-order valence-corrected chi connectivity index (χ4v) is 2.13. The van der Waals surface area contributed by atoms with Crippen LogP contribution in [0.1, 0.15) is 27.7 Å². The Kier molecular flexibility index (Phi) is 5.76. The number of rotatable bonds is 5. The summed E-state index contributed by atoms with van der Waals surface area (Å²) in [6.07, 6.45) is 0.724. The molecule has 0 saturated carbocycles. The summed E-state index contributed by atoms with van der Waals surface area (Å²) in [5, 5.41) is 0. The fourth-order valence-electron chi connectivity index (χ4n) is 1.04. The van der Waals surface area contributed by atoms with Crippen molar-refractivity contribution >= 4 is 21.0 Å². The van der Waals surface area contributed by atoms with Crippen LogP contribution in [0.15, 0.2) is 0 Å². The average molecular weight is 243 g/mol. The van der Waals surface area contributed by atoms with Crippen molar-refractivity contribution in [2.24, 2.45) is 5.92 Å². The summed E-state index contributed by atoms with van der Waals surface area (Å²) in [4.78, 5) is 11.7. The summed E-state index contributed by atoms with van der Waals surface area (Å²) in [5.74, 6) is -0.231. The molecular weight excluding hydrogens is 219 g/mol. The van der Waals surface area contributed by atoms with Crippen molar-refractivity contribution in [3.8, 4) is 0 Å². The molecule has 1 unspecified atom stereocenters. The largest absolute Gasteiger partial charge is 0.460 e. The highest BCUT2D eigenvalue weighted by molar-refractivity contribution is 7.20. The van der Waals surface area contributed by atoms with Gasteiger partial charge in [0.25, 0.3) is 0 Å². The normalized spacial score (nSPS) is 14.4. The van der Waals surface area contributed by atoms with Crippen molar-refractivity contribution in [2.45, 2.75) is 52.7 Å². The van der Waals surface area contributed by atoms with Gasteiger partial charge in [0.15, 0.2) is 0 Å². The second-order valence-corrected chi connectivity index (χ2v) is 9.71. The molecular formula is C11H24BO3Si. The minimum absolute atomic E-state index is 0.0962. The minimum atomic E-state index is -1.68. The molecule has 5 heteroatoms. The van der Waals surface area contributed by atoms with Gasteiger partial charge in [0, 0.05) is 13.0 Å². The predicted octanol–water partition coefficient (Wildman–Crippen LogP) is 2.43. The number of ether oxygens (including phenoxy) is 1. The van der Waals surface area contributed by atoms with E-state index in [-0.39, 0.29) is 11.9 Å². The van der Waals surface area contributed by atoms with E-state index in [0.29, 0.717) is 0 Å². The van der Waals surface area contributed by atoms with E-state index in [1.54, 1.807) is 7.11 Å². The Labute approximate surface area is 101 Å². The van der Waals surface area contributed by atoms with Gasteiger partial charge in [0.1, 0.15) is 20.7 Å². The summed E-state index contributed by atoms with van der Waals surface area (Å²) in [5.41, 5.74) is -0.403. The second-order valence-electron chi connectivity index (χ2n) is 5.68. The van der Waals surface area contributed by atoms with Crippen molar-refractivity contribution in [1.82, 2.24) is 0 Å². The molecule has 0 amide bonds. The van der Waals surface area contributed by atoms with Gasteiger partial charge in [-0.05, 0) is 20.8 Å². The van der Waals surface area contributed by atoms with Gasteiger partial charge < -0.3 is 9.16 Å². The molecule has 0 saturated heterocycles. The molecule has 1 atom stereocenters. The number of carbonyl (C=O) groups excluding carboxylic acids is 1. The highest BCUT2D eigenvalue weighted by atomic mass is 28.3. The zero-order valence-corrected chi connectivity index (χ0v) is 12.6. The van der Waals surface area contributed by atoms with Gasteiger partial charge in [-0.3, -0.25) is 4.79 Å². The standard InChI is InChI=1S/C11H24BO3Si/c1-9(8-12-16(6,7)14-5)10(13)15-11(2,3)4/h9H,8H2,1-7H3. The second kappa shape index (κ2) is 5.87. The lowest BCUT2D eigenvalue weighted by atomic mass is 9.91. The Morgan fingerprint density at radius 1 is 1.38 bits per heavy atom. The van der Waals surface area contributed by atoms with Gasteiger partial charge in [-0.1, -0.05) is 26.3 Å². The van der Waals surface area contributed by atoms with Crippen LogP contribution in [0.2, 0.25) is 19.4 Å². The van der Waals surface area contributed by atoms with E-state index in [1.165, 1.54) is 0 Å². The molecule has 93 valence electrons. The first kappa shape index (κ1) is 15.7. The minimum Gasteiger partial charge on any atom is -0.460 e. The van der Waals surface area contributed by atoms with E-state index >= 15 is 0 Å². The fraction of sp³-hybridized carbons (Fsp3) is 0.909. The maximum absolute atomic E-state index is 11.7. The Hall–Kier alpha value is -0.288. The highest BCUT2D eigenvalue weighted by Crippen LogP contribution is 2.15. The zero-order valence-electron chi connectivity index (χ0n) is 11.6. The third kappa shape index (κ3) is 7.06. The van der Waals surface area contributed by atoms with E-state index in [4.69, 9.17) is 9.16 Å². The van der Waals surface area contributed by atoms with Gasteiger partial charge in [-0.15, -0.1) is 0 Å². The zero-order chi connectivity index (χ0) is 13.0. The molecule has 0 aliphatic rings. The molecule has 0 rings (SSSR count). The molecule has 0 heterocycles. The maximum atomic E-state index is 11.7. The molecule has 0 aromatic rings. The summed E-state index contributed by atoms with van der Waals surface area (Å²) in [6.45, 7) is 13.9. The highest BCUT2D eigenvalue weighted by Gasteiger charge is 2.27. The smallest absolute Gasteiger partial charge is 0.308 e. The molecule has 0 spiro atoms. The van der Waals surface area contributed by atoms with Gasteiger partial charge >= 0.3 is 5.97 Å². The molecule has 0 fully saturated rings. The maximum Gasteiger partial charge on any atom is 0.308 e. The van der Waals surface area contributed by atoms with Crippen LogP contribution in [-0.2, 0) is 14.0 Å². The molecule has 0 N–H and O–H groups in total. The Bertz CT molecular complexity index is 236. The van der Waals surface area contributed by atoms with Crippen molar-refractivity contribution in [1.29, 1.82) is 0 Å². The monoisotopic (exact) mass is 243 g/mol. The lowest BCUT2D eigenvalue weighted by molar-refractivity contribution is -0.158.